The van der Waals surface area contributed by atoms with Crippen molar-refractivity contribution >= 4 is 22.5 Å². The Hall–Kier alpha value is -3.59. The van der Waals surface area contributed by atoms with Gasteiger partial charge in [0.2, 0.25) is 11.8 Å². The molecule has 2 aliphatic rings. The highest BCUT2D eigenvalue weighted by atomic mass is 19.3. The van der Waals surface area contributed by atoms with Crippen LogP contribution in [0.2, 0.25) is 0 Å². The highest BCUT2D eigenvalue weighted by Crippen LogP contribution is 2.35. The van der Waals surface area contributed by atoms with E-state index in [-0.39, 0.29) is 35.3 Å². The van der Waals surface area contributed by atoms with Crippen LogP contribution >= 0.6 is 0 Å². The molecule has 2 saturated heterocycles. The lowest BCUT2D eigenvalue weighted by atomic mass is 9.98. The third-order valence-electron chi connectivity index (χ3n) is 6.94. The number of hydrogen-bond acceptors (Lipinski definition) is 8. The Labute approximate surface area is 212 Å². The predicted octanol–water partition coefficient (Wildman–Crippen LogP) is 3.07. The molecule has 1 atom stereocenters. The Kier molecular flexibility index (Phi) is 6.06. The van der Waals surface area contributed by atoms with Gasteiger partial charge in [0.15, 0.2) is 5.82 Å². The molecule has 0 bridgehead atoms. The Morgan fingerprint density at radius 3 is 2.76 bits per heavy atom. The van der Waals surface area contributed by atoms with E-state index in [1.54, 1.807) is 17.2 Å². The molecule has 2 fully saturated rings. The van der Waals surface area contributed by atoms with Gasteiger partial charge in [0.25, 0.3) is 12.3 Å². The first-order chi connectivity index (χ1) is 18.2. The molecule has 1 N–H and O–H groups in total. The van der Waals surface area contributed by atoms with E-state index >= 15 is 0 Å². The minimum atomic E-state index is -3.02. The number of alkyl halides is 4. The molecule has 1 unspecified atom stereocenters. The lowest BCUT2D eigenvalue weighted by Gasteiger charge is -2.44. The predicted molar refractivity (Wildman–Crippen MR) is 125 cm³/mol. The molecule has 3 aromatic heterocycles. The van der Waals surface area contributed by atoms with Gasteiger partial charge in [0.05, 0.1) is 44.5 Å². The molecule has 38 heavy (non-hydrogen) atoms. The minimum absolute atomic E-state index is 0.0154. The summed E-state index contributed by atoms with van der Waals surface area (Å²) in [6.07, 6.45) is -0.967. The molecule has 2 aliphatic heterocycles. The molecule has 0 saturated carbocycles. The van der Waals surface area contributed by atoms with Gasteiger partial charge in [-0.15, -0.1) is 10.2 Å². The summed E-state index contributed by atoms with van der Waals surface area (Å²) in [5.41, 5.74) is 1.08. The summed E-state index contributed by atoms with van der Waals surface area (Å²) < 4.78 is 83.5. The van der Waals surface area contributed by atoms with Gasteiger partial charge >= 0.3 is 0 Å². The summed E-state index contributed by atoms with van der Waals surface area (Å²) in [5.74, 6) is -3.75. The molecule has 202 valence electrons. The second-order valence-electron chi connectivity index (χ2n) is 9.36. The molecule has 4 aromatic rings. The maximum Gasteiger partial charge on any atom is 0.280 e. The van der Waals surface area contributed by atoms with Crippen LogP contribution in [-0.4, -0.2) is 92.3 Å². The van der Waals surface area contributed by atoms with Gasteiger partial charge in [0.1, 0.15) is 17.6 Å². The topological polar surface area (TPSA) is 94.6 Å². The van der Waals surface area contributed by atoms with Crippen LogP contribution < -0.4 is 10.1 Å². The Bertz CT molecular complexity index is 1490. The normalized spacial score (nSPS) is 20.3. The molecular weight excluding hydrogens is 515 g/mol. The smallest absolute Gasteiger partial charge is 0.280 e. The van der Waals surface area contributed by atoms with Crippen LogP contribution in [0.25, 0.3) is 27.7 Å². The number of piperidine rings is 1. The van der Waals surface area contributed by atoms with Crippen LogP contribution in [-0.2, 0) is 11.3 Å². The highest BCUT2D eigenvalue weighted by Gasteiger charge is 2.47. The van der Waals surface area contributed by atoms with Crippen LogP contribution in [0, 0.1) is 5.82 Å². The van der Waals surface area contributed by atoms with Gasteiger partial charge in [-0.1, -0.05) is 5.21 Å². The second kappa shape index (κ2) is 9.31. The molecule has 15 heteroatoms. The summed E-state index contributed by atoms with van der Waals surface area (Å²) in [5, 5.41) is 14.4. The first kappa shape index (κ1) is 24.7. The summed E-state index contributed by atoms with van der Waals surface area (Å²) in [4.78, 5) is 6.03. The van der Waals surface area contributed by atoms with Crippen LogP contribution in [0.3, 0.4) is 0 Å². The average molecular weight is 538 g/mol. The highest BCUT2D eigenvalue weighted by molar-refractivity contribution is 5.89. The van der Waals surface area contributed by atoms with Gasteiger partial charge < -0.3 is 14.8 Å². The number of benzene rings is 1. The number of hydrogen-bond donors (Lipinski definition) is 1. The fraction of sp³-hybridized carbons (Fsp3) is 0.478. The summed E-state index contributed by atoms with van der Waals surface area (Å²) in [6, 6.07) is 3.14. The van der Waals surface area contributed by atoms with E-state index in [0.717, 1.165) is 4.68 Å². The number of aromatic nitrogens is 6. The van der Waals surface area contributed by atoms with Crippen molar-refractivity contribution in [3.8, 4) is 17.0 Å². The van der Waals surface area contributed by atoms with Gasteiger partial charge in [-0.3, -0.25) is 4.90 Å². The first-order valence-electron chi connectivity index (χ1n) is 11.9. The molecule has 0 radical (unpaired) electrons. The zero-order valence-corrected chi connectivity index (χ0v) is 20.1. The van der Waals surface area contributed by atoms with Gasteiger partial charge in [-0.2, -0.15) is 4.98 Å². The number of nitrogens with zero attached hydrogens (tertiary/aromatic N) is 7. The molecule has 1 aromatic carbocycles. The summed E-state index contributed by atoms with van der Waals surface area (Å²) >= 11 is 0. The van der Waals surface area contributed by atoms with E-state index in [9.17, 15) is 22.0 Å². The molecule has 10 nitrogen and oxygen atoms in total. The maximum absolute atomic E-state index is 15.0. The SMILES string of the molecule is COc1nc(NC2CCN(C3COC3)CC2(F)F)nn2ccc(-c3cc(F)c4nnn(CC(F)F)c4c3)c12. The van der Waals surface area contributed by atoms with E-state index in [4.69, 9.17) is 9.47 Å². The fourth-order valence-electron chi connectivity index (χ4n) is 4.92. The van der Waals surface area contributed by atoms with Gasteiger partial charge in [0, 0.05) is 18.3 Å². The number of fused-ring (bicyclic) bond motifs is 2. The average Bonchev–Trinajstić information content (AvgIpc) is 3.43. The monoisotopic (exact) mass is 538 g/mol. The van der Waals surface area contributed by atoms with Crippen LogP contribution in [0.1, 0.15) is 6.42 Å². The quantitative estimate of drug-likeness (QED) is 0.359. The lowest BCUT2D eigenvalue weighted by Crippen LogP contribution is -2.61. The van der Waals surface area contributed by atoms with Crippen molar-refractivity contribution in [1.82, 2.24) is 34.5 Å². The summed E-state index contributed by atoms with van der Waals surface area (Å²) in [7, 11) is 1.36. The van der Waals surface area contributed by atoms with E-state index in [2.05, 4.69) is 25.7 Å². The van der Waals surface area contributed by atoms with Crippen LogP contribution in [0.5, 0.6) is 5.88 Å². The number of halogens is 5. The minimum Gasteiger partial charge on any atom is -0.479 e. The van der Waals surface area contributed by atoms with Gasteiger partial charge in [-0.05, 0) is 30.2 Å². The maximum atomic E-state index is 15.0. The Morgan fingerprint density at radius 2 is 2.08 bits per heavy atom. The molecule has 5 heterocycles. The second-order valence-corrected chi connectivity index (χ2v) is 9.36. The zero-order valence-electron chi connectivity index (χ0n) is 20.1. The largest absolute Gasteiger partial charge is 0.479 e. The standard InChI is InChI=1S/C23H23F5N8O2/c1-37-21-20-14(12-6-15(24)19-16(7-12)36(33-31-19)8-18(25)26)2-5-35(20)32-22(30-21)29-17-3-4-34(11-23(17,27)28)13-9-38-10-13/h2,5-7,13,17-18H,3-4,8-11H2,1H3,(H,29,32). The van der Waals surface area contributed by atoms with Crippen molar-refractivity contribution in [2.24, 2.45) is 0 Å². The van der Waals surface area contributed by atoms with E-state index in [1.807, 2.05) is 0 Å². The number of anilines is 1. The Morgan fingerprint density at radius 1 is 1.26 bits per heavy atom. The molecule has 6 rings (SSSR count). The molecule has 0 aliphatic carbocycles. The number of methoxy groups -OCH3 is 1. The van der Waals surface area contributed by atoms with Gasteiger partial charge in [-0.25, -0.2) is 31.1 Å². The third-order valence-corrected chi connectivity index (χ3v) is 6.94. The van der Waals surface area contributed by atoms with E-state index in [0.29, 0.717) is 36.4 Å². The van der Waals surface area contributed by atoms with Crippen molar-refractivity contribution < 1.29 is 31.4 Å². The van der Waals surface area contributed by atoms with Crippen molar-refractivity contribution in [3.63, 3.8) is 0 Å². The fourth-order valence-corrected chi connectivity index (χ4v) is 4.92. The Balaban J connectivity index is 1.32. The number of rotatable bonds is 7. The summed E-state index contributed by atoms with van der Waals surface area (Å²) in [6.45, 7) is 0.275. The van der Waals surface area contributed by atoms with E-state index in [1.165, 1.54) is 23.8 Å². The number of likely N-dealkylation sites (tertiary alicyclic amines) is 1. The first-order valence-corrected chi connectivity index (χ1v) is 11.9. The van der Waals surface area contributed by atoms with Crippen LogP contribution in [0.4, 0.5) is 27.9 Å². The molecule has 0 amide bonds. The van der Waals surface area contributed by atoms with Crippen molar-refractivity contribution in [1.29, 1.82) is 0 Å². The number of nitrogens with one attached hydrogen (secondary N) is 1. The van der Waals surface area contributed by atoms with Crippen molar-refractivity contribution in [2.75, 3.05) is 38.7 Å². The zero-order chi connectivity index (χ0) is 26.6. The molecular formula is C23H23F5N8O2. The van der Waals surface area contributed by atoms with Crippen molar-refractivity contribution in [2.45, 2.75) is 37.4 Å². The number of ether oxygens (including phenoxy) is 2. The van der Waals surface area contributed by atoms with E-state index < -0.39 is 37.3 Å². The van der Waals surface area contributed by atoms with Crippen LogP contribution in [0.15, 0.2) is 24.4 Å². The third kappa shape index (κ3) is 4.28. The lowest BCUT2D eigenvalue weighted by molar-refractivity contribution is -0.131. The molecule has 0 spiro atoms. The van der Waals surface area contributed by atoms with Crippen molar-refractivity contribution in [3.05, 3.63) is 30.2 Å².